The van der Waals surface area contributed by atoms with Gasteiger partial charge in [-0.15, -0.1) is 0 Å². The summed E-state index contributed by atoms with van der Waals surface area (Å²) >= 11 is 5.64. The Hall–Kier alpha value is -0.690. The number of piperidine rings is 1. The fourth-order valence-corrected chi connectivity index (χ4v) is 4.33. The monoisotopic (exact) mass is 306 g/mol. The summed E-state index contributed by atoms with van der Waals surface area (Å²) in [7, 11) is -3.87. The van der Waals surface area contributed by atoms with Crippen molar-refractivity contribution < 1.29 is 12.8 Å². The fourth-order valence-electron chi connectivity index (χ4n) is 2.35. The van der Waals surface area contributed by atoms with Gasteiger partial charge >= 0.3 is 0 Å². The number of sulfonamides is 1. The average molecular weight is 307 g/mol. The van der Waals surface area contributed by atoms with Gasteiger partial charge in [-0.3, -0.25) is 0 Å². The highest BCUT2D eigenvalue weighted by Gasteiger charge is 2.35. The first kappa shape index (κ1) is 14.7. The van der Waals surface area contributed by atoms with Crippen molar-refractivity contribution in [3.05, 3.63) is 29.0 Å². The number of nitrogens with zero attached hydrogens (tertiary/aromatic N) is 1. The van der Waals surface area contributed by atoms with Crippen LogP contribution in [0.4, 0.5) is 4.39 Å². The van der Waals surface area contributed by atoms with E-state index in [1.807, 2.05) is 0 Å². The van der Waals surface area contributed by atoms with E-state index >= 15 is 0 Å². The molecule has 106 valence electrons. The van der Waals surface area contributed by atoms with Gasteiger partial charge in [-0.25, -0.2) is 12.8 Å². The summed E-state index contributed by atoms with van der Waals surface area (Å²) in [5.41, 5.74) is 5.81. The zero-order valence-electron chi connectivity index (χ0n) is 10.5. The van der Waals surface area contributed by atoms with E-state index in [1.165, 1.54) is 22.5 Å². The zero-order valence-corrected chi connectivity index (χ0v) is 12.1. The van der Waals surface area contributed by atoms with E-state index in [0.29, 0.717) is 19.4 Å². The topological polar surface area (TPSA) is 63.4 Å². The molecule has 1 heterocycles. The van der Waals surface area contributed by atoms with Crippen LogP contribution in [0.5, 0.6) is 0 Å². The molecule has 0 spiro atoms. The molecule has 7 heteroatoms. The Labute approximate surface area is 117 Å². The molecule has 2 atom stereocenters. The Morgan fingerprint density at radius 2 is 2.16 bits per heavy atom. The van der Waals surface area contributed by atoms with Crippen molar-refractivity contribution in [1.29, 1.82) is 0 Å². The molecular weight excluding hydrogens is 291 g/mol. The minimum Gasteiger partial charge on any atom is -0.328 e. The Morgan fingerprint density at radius 1 is 1.47 bits per heavy atom. The zero-order chi connectivity index (χ0) is 14.2. The van der Waals surface area contributed by atoms with Crippen LogP contribution in [0.15, 0.2) is 23.1 Å². The van der Waals surface area contributed by atoms with Gasteiger partial charge in [0.1, 0.15) is 4.90 Å². The van der Waals surface area contributed by atoms with Crippen molar-refractivity contribution in [2.75, 3.05) is 6.54 Å². The highest BCUT2D eigenvalue weighted by atomic mass is 35.5. The summed E-state index contributed by atoms with van der Waals surface area (Å²) in [6, 6.07) is 3.74. The summed E-state index contributed by atoms with van der Waals surface area (Å²) in [5, 5.41) is -0.192. The molecule has 1 aliphatic heterocycles. The van der Waals surface area contributed by atoms with Crippen molar-refractivity contribution in [3.63, 3.8) is 0 Å². The van der Waals surface area contributed by atoms with Crippen LogP contribution in [0.2, 0.25) is 5.02 Å². The summed E-state index contributed by atoms with van der Waals surface area (Å²) in [4.78, 5) is -0.373. The normalized spacial score (nSPS) is 25.5. The van der Waals surface area contributed by atoms with Gasteiger partial charge in [0.05, 0.1) is 5.02 Å². The smallest absolute Gasteiger partial charge is 0.246 e. The summed E-state index contributed by atoms with van der Waals surface area (Å²) in [5.74, 6) is -0.897. The van der Waals surface area contributed by atoms with Gasteiger partial charge < -0.3 is 5.73 Å². The van der Waals surface area contributed by atoms with Crippen molar-refractivity contribution >= 4 is 21.6 Å². The Balaban J connectivity index is 2.40. The van der Waals surface area contributed by atoms with Crippen molar-refractivity contribution in [1.82, 2.24) is 4.31 Å². The van der Waals surface area contributed by atoms with Gasteiger partial charge in [0, 0.05) is 18.6 Å². The molecule has 2 unspecified atom stereocenters. The highest BCUT2D eigenvalue weighted by molar-refractivity contribution is 7.89. The molecule has 0 amide bonds. The first-order chi connectivity index (χ1) is 8.84. The van der Waals surface area contributed by atoms with Gasteiger partial charge in [0.15, 0.2) is 5.82 Å². The maximum Gasteiger partial charge on any atom is 0.246 e. The predicted molar refractivity (Wildman–Crippen MR) is 72.0 cm³/mol. The molecule has 19 heavy (non-hydrogen) atoms. The number of halogens is 2. The molecule has 0 aliphatic carbocycles. The SMILES string of the molecule is CC1CC(N)CCN1S(=O)(=O)c1cccc(Cl)c1F. The molecule has 1 saturated heterocycles. The minimum absolute atomic E-state index is 0.00865. The molecule has 2 rings (SSSR count). The first-order valence-electron chi connectivity index (χ1n) is 6.05. The summed E-state index contributed by atoms with van der Waals surface area (Å²) < 4.78 is 40.1. The number of hydrogen-bond donors (Lipinski definition) is 1. The second-order valence-electron chi connectivity index (χ2n) is 4.80. The number of benzene rings is 1. The lowest BCUT2D eigenvalue weighted by atomic mass is 10.0. The van der Waals surface area contributed by atoms with Crippen molar-refractivity contribution in [2.24, 2.45) is 5.73 Å². The number of hydrogen-bond acceptors (Lipinski definition) is 3. The summed E-state index contributed by atoms with van der Waals surface area (Å²) in [6.07, 6.45) is 1.15. The van der Waals surface area contributed by atoms with Crippen LogP contribution < -0.4 is 5.73 Å². The van der Waals surface area contributed by atoms with Crippen LogP contribution in [-0.4, -0.2) is 31.4 Å². The molecule has 0 saturated carbocycles. The number of rotatable bonds is 2. The summed E-state index contributed by atoms with van der Waals surface area (Å²) in [6.45, 7) is 2.08. The van der Waals surface area contributed by atoms with E-state index < -0.39 is 15.8 Å². The standard InChI is InChI=1S/C12H16ClFN2O2S/c1-8-7-9(15)5-6-16(8)19(17,18)11-4-2-3-10(13)12(11)14/h2-4,8-9H,5-7,15H2,1H3. The third-order valence-electron chi connectivity index (χ3n) is 3.36. The third-order valence-corrected chi connectivity index (χ3v) is 5.68. The van der Waals surface area contributed by atoms with Crippen molar-refractivity contribution in [2.45, 2.75) is 36.7 Å². The third kappa shape index (κ3) is 2.76. The fraction of sp³-hybridized carbons (Fsp3) is 0.500. The number of nitrogens with two attached hydrogens (primary N) is 1. The lowest BCUT2D eigenvalue weighted by Gasteiger charge is -2.35. The van der Waals surface area contributed by atoms with Gasteiger partial charge in [-0.1, -0.05) is 17.7 Å². The maximum atomic E-state index is 13.9. The van der Waals surface area contributed by atoms with Crippen LogP contribution in [0.25, 0.3) is 0 Å². The molecule has 0 aromatic heterocycles. The molecule has 1 aliphatic rings. The van der Waals surface area contributed by atoms with Crippen LogP contribution in [0, 0.1) is 5.82 Å². The molecule has 1 fully saturated rings. The van der Waals surface area contributed by atoms with E-state index in [1.54, 1.807) is 6.92 Å². The second-order valence-corrected chi connectivity index (χ2v) is 7.07. The van der Waals surface area contributed by atoms with Crippen LogP contribution >= 0.6 is 11.6 Å². The van der Waals surface area contributed by atoms with Gasteiger partial charge in [0.25, 0.3) is 0 Å². The lowest BCUT2D eigenvalue weighted by molar-refractivity contribution is 0.246. The molecule has 4 nitrogen and oxygen atoms in total. The van der Waals surface area contributed by atoms with Crippen LogP contribution in [-0.2, 0) is 10.0 Å². The predicted octanol–water partition coefficient (Wildman–Crippen LogP) is 1.98. The van der Waals surface area contributed by atoms with E-state index in [4.69, 9.17) is 17.3 Å². The minimum atomic E-state index is -3.87. The quantitative estimate of drug-likeness (QED) is 0.908. The van der Waals surface area contributed by atoms with E-state index in [2.05, 4.69) is 0 Å². The van der Waals surface area contributed by atoms with E-state index in [-0.39, 0.29) is 22.0 Å². The van der Waals surface area contributed by atoms with Gasteiger partial charge in [-0.05, 0) is 31.9 Å². The lowest BCUT2D eigenvalue weighted by Crippen LogP contribution is -2.48. The largest absolute Gasteiger partial charge is 0.328 e. The van der Waals surface area contributed by atoms with E-state index in [0.717, 1.165) is 0 Å². The molecule has 0 bridgehead atoms. The molecule has 1 aromatic rings. The first-order valence-corrected chi connectivity index (χ1v) is 7.87. The van der Waals surface area contributed by atoms with Crippen LogP contribution in [0.3, 0.4) is 0 Å². The average Bonchev–Trinajstić information content (AvgIpc) is 2.31. The van der Waals surface area contributed by atoms with Crippen LogP contribution in [0.1, 0.15) is 19.8 Å². The van der Waals surface area contributed by atoms with Gasteiger partial charge in [-0.2, -0.15) is 4.31 Å². The molecular formula is C12H16ClFN2O2S. The Morgan fingerprint density at radius 3 is 2.79 bits per heavy atom. The Bertz CT molecular complexity index is 579. The van der Waals surface area contributed by atoms with Crippen molar-refractivity contribution in [3.8, 4) is 0 Å². The maximum absolute atomic E-state index is 13.9. The second kappa shape index (κ2) is 5.36. The molecule has 0 radical (unpaired) electrons. The highest BCUT2D eigenvalue weighted by Crippen LogP contribution is 2.28. The molecule has 1 aromatic carbocycles. The molecule has 2 N–H and O–H groups in total. The van der Waals surface area contributed by atoms with Gasteiger partial charge in [0.2, 0.25) is 10.0 Å². The van der Waals surface area contributed by atoms with E-state index in [9.17, 15) is 12.8 Å². The Kier molecular flexibility index (Phi) is 4.15.